The Kier molecular flexibility index (Phi) is 4.21. The van der Waals surface area contributed by atoms with Crippen LogP contribution in [0.25, 0.3) is 11.0 Å². The Labute approximate surface area is 144 Å². The molecular weight excluding hydrogens is 389 g/mol. The molecule has 0 amide bonds. The van der Waals surface area contributed by atoms with E-state index >= 15 is 0 Å². The molecule has 2 aromatic heterocycles. The van der Waals surface area contributed by atoms with Gasteiger partial charge in [0.15, 0.2) is 5.65 Å². The number of rotatable bonds is 2. The van der Waals surface area contributed by atoms with Gasteiger partial charge >= 0.3 is 0 Å². The maximum Gasteiger partial charge on any atom is 0.263 e. The van der Waals surface area contributed by atoms with Crippen LogP contribution in [-0.4, -0.2) is 14.5 Å². The van der Waals surface area contributed by atoms with Crippen LogP contribution in [0, 0.1) is 6.92 Å². The van der Waals surface area contributed by atoms with E-state index in [4.69, 9.17) is 23.2 Å². The molecule has 0 bridgehead atoms. The molecule has 0 fully saturated rings. The molecular formula is C15H10BrCl2N3O. The summed E-state index contributed by atoms with van der Waals surface area (Å²) in [7, 11) is 0. The Morgan fingerprint density at radius 3 is 2.55 bits per heavy atom. The fourth-order valence-corrected chi connectivity index (χ4v) is 2.74. The van der Waals surface area contributed by atoms with Crippen molar-refractivity contribution in [2.24, 2.45) is 0 Å². The van der Waals surface area contributed by atoms with Gasteiger partial charge in [0.2, 0.25) is 0 Å². The van der Waals surface area contributed by atoms with E-state index in [0.717, 1.165) is 5.56 Å². The van der Waals surface area contributed by atoms with Gasteiger partial charge in [-0.05, 0) is 46.6 Å². The van der Waals surface area contributed by atoms with Crippen molar-refractivity contribution in [3.8, 4) is 0 Å². The normalized spacial score (nSPS) is 11.1. The number of aryl methyl sites for hydroxylation is 1. The molecule has 7 heteroatoms. The summed E-state index contributed by atoms with van der Waals surface area (Å²) < 4.78 is 2.18. The molecule has 0 saturated carbocycles. The van der Waals surface area contributed by atoms with Crippen molar-refractivity contribution in [1.82, 2.24) is 14.5 Å². The maximum absolute atomic E-state index is 12.7. The molecule has 0 radical (unpaired) electrons. The minimum absolute atomic E-state index is 0.151. The molecule has 3 aromatic rings. The first-order valence-electron chi connectivity index (χ1n) is 6.43. The zero-order chi connectivity index (χ0) is 15.9. The van der Waals surface area contributed by atoms with Crippen molar-refractivity contribution in [2.45, 2.75) is 13.5 Å². The van der Waals surface area contributed by atoms with Crippen LogP contribution in [0.1, 0.15) is 11.4 Å². The van der Waals surface area contributed by atoms with E-state index in [1.165, 1.54) is 0 Å². The molecule has 0 saturated heterocycles. The van der Waals surface area contributed by atoms with E-state index in [9.17, 15) is 4.79 Å². The number of fused-ring (bicyclic) bond motifs is 1. The van der Waals surface area contributed by atoms with Gasteiger partial charge in [-0.3, -0.25) is 9.36 Å². The lowest BCUT2D eigenvalue weighted by Gasteiger charge is -2.11. The van der Waals surface area contributed by atoms with Crippen molar-refractivity contribution in [3.63, 3.8) is 0 Å². The van der Waals surface area contributed by atoms with Gasteiger partial charge in [0.25, 0.3) is 5.56 Å². The SMILES string of the molecule is Cc1nc2nc(Cl)c(Br)cc2c(=O)n1Cc1ccc(Cl)cc1. The molecule has 0 spiro atoms. The lowest BCUT2D eigenvalue weighted by atomic mass is 10.2. The minimum atomic E-state index is -0.151. The van der Waals surface area contributed by atoms with Gasteiger partial charge in [-0.25, -0.2) is 9.97 Å². The fourth-order valence-electron chi connectivity index (χ4n) is 2.16. The van der Waals surface area contributed by atoms with Crippen LogP contribution >= 0.6 is 39.1 Å². The van der Waals surface area contributed by atoms with E-state index in [2.05, 4.69) is 25.9 Å². The molecule has 112 valence electrons. The minimum Gasteiger partial charge on any atom is -0.292 e. The number of halogens is 3. The highest BCUT2D eigenvalue weighted by atomic mass is 79.9. The van der Waals surface area contributed by atoms with Crippen LogP contribution in [0.15, 0.2) is 39.6 Å². The highest BCUT2D eigenvalue weighted by Gasteiger charge is 2.12. The molecule has 2 heterocycles. The van der Waals surface area contributed by atoms with Crippen molar-refractivity contribution >= 4 is 50.2 Å². The average Bonchev–Trinajstić information content (AvgIpc) is 2.48. The van der Waals surface area contributed by atoms with Crippen LogP contribution in [0.5, 0.6) is 0 Å². The average molecular weight is 399 g/mol. The Hall–Kier alpha value is -1.43. The summed E-state index contributed by atoms with van der Waals surface area (Å²) in [5.41, 5.74) is 1.17. The van der Waals surface area contributed by atoms with E-state index < -0.39 is 0 Å². The maximum atomic E-state index is 12.7. The molecule has 0 aliphatic rings. The summed E-state index contributed by atoms with van der Waals surface area (Å²) in [5, 5.41) is 1.37. The van der Waals surface area contributed by atoms with Crippen LogP contribution in [-0.2, 0) is 6.54 Å². The second-order valence-electron chi connectivity index (χ2n) is 4.81. The van der Waals surface area contributed by atoms with Gasteiger partial charge in [-0.2, -0.15) is 0 Å². The van der Waals surface area contributed by atoms with E-state index in [-0.39, 0.29) is 10.7 Å². The summed E-state index contributed by atoms with van der Waals surface area (Å²) in [5.74, 6) is 0.582. The summed E-state index contributed by atoms with van der Waals surface area (Å²) in [4.78, 5) is 21.2. The molecule has 3 rings (SSSR count). The van der Waals surface area contributed by atoms with Gasteiger partial charge < -0.3 is 0 Å². The zero-order valence-corrected chi connectivity index (χ0v) is 14.6. The van der Waals surface area contributed by atoms with E-state index in [1.54, 1.807) is 29.7 Å². The Bertz CT molecular complexity index is 923. The first-order valence-corrected chi connectivity index (χ1v) is 7.98. The van der Waals surface area contributed by atoms with Gasteiger partial charge in [-0.1, -0.05) is 35.3 Å². The number of nitrogens with zero attached hydrogens (tertiary/aromatic N) is 3. The third-order valence-corrected chi connectivity index (χ3v) is 4.67. The predicted molar refractivity (Wildman–Crippen MR) is 91.8 cm³/mol. The summed E-state index contributed by atoms with van der Waals surface area (Å²) in [6.07, 6.45) is 0. The van der Waals surface area contributed by atoms with Gasteiger partial charge in [0.05, 0.1) is 16.4 Å². The molecule has 22 heavy (non-hydrogen) atoms. The topological polar surface area (TPSA) is 47.8 Å². The van der Waals surface area contributed by atoms with E-state index in [1.807, 2.05) is 12.1 Å². The quantitative estimate of drug-likeness (QED) is 0.607. The lowest BCUT2D eigenvalue weighted by Crippen LogP contribution is -2.24. The second-order valence-corrected chi connectivity index (χ2v) is 6.46. The molecule has 1 aromatic carbocycles. The largest absolute Gasteiger partial charge is 0.292 e. The highest BCUT2D eigenvalue weighted by Crippen LogP contribution is 2.22. The lowest BCUT2D eigenvalue weighted by molar-refractivity contribution is 0.711. The number of hydrogen-bond acceptors (Lipinski definition) is 3. The first kappa shape index (κ1) is 15.5. The molecule has 0 atom stereocenters. The van der Waals surface area contributed by atoms with Crippen LogP contribution in [0.4, 0.5) is 0 Å². The Morgan fingerprint density at radius 1 is 1.18 bits per heavy atom. The zero-order valence-electron chi connectivity index (χ0n) is 11.5. The second kappa shape index (κ2) is 5.99. The molecule has 0 aliphatic heterocycles. The van der Waals surface area contributed by atoms with Crippen LogP contribution in [0.3, 0.4) is 0 Å². The third kappa shape index (κ3) is 2.89. The standard InChI is InChI=1S/C15H10BrCl2N3O/c1-8-19-14-11(6-12(16)13(18)20-14)15(22)21(8)7-9-2-4-10(17)5-3-9/h2-6H,7H2,1H3. The van der Waals surface area contributed by atoms with Crippen molar-refractivity contribution in [2.75, 3.05) is 0 Å². The summed E-state index contributed by atoms with van der Waals surface area (Å²) in [6.45, 7) is 2.19. The number of pyridine rings is 1. The van der Waals surface area contributed by atoms with Gasteiger partial charge in [-0.15, -0.1) is 0 Å². The van der Waals surface area contributed by atoms with Crippen molar-refractivity contribution in [1.29, 1.82) is 0 Å². The summed E-state index contributed by atoms with van der Waals surface area (Å²) in [6, 6.07) is 9.01. The fraction of sp³-hybridized carbons (Fsp3) is 0.133. The Morgan fingerprint density at radius 2 is 1.86 bits per heavy atom. The first-order chi connectivity index (χ1) is 10.5. The number of benzene rings is 1. The molecule has 0 N–H and O–H groups in total. The van der Waals surface area contributed by atoms with Crippen LogP contribution < -0.4 is 5.56 Å². The Balaban J connectivity index is 2.15. The highest BCUT2D eigenvalue weighted by molar-refractivity contribution is 9.10. The monoisotopic (exact) mass is 397 g/mol. The summed E-state index contributed by atoms with van der Waals surface area (Å²) >= 11 is 15.1. The number of aromatic nitrogens is 3. The molecule has 0 unspecified atom stereocenters. The van der Waals surface area contributed by atoms with Crippen molar-refractivity contribution in [3.05, 3.63) is 66.7 Å². The van der Waals surface area contributed by atoms with Crippen LogP contribution in [0.2, 0.25) is 10.2 Å². The smallest absolute Gasteiger partial charge is 0.263 e. The predicted octanol–water partition coefficient (Wildman–Crippen LogP) is 4.22. The third-order valence-electron chi connectivity index (χ3n) is 3.30. The molecule has 0 aliphatic carbocycles. The van der Waals surface area contributed by atoms with Gasteiger partial charge in [0, 0.05) is 5.02 Å². The van der Waals surface area contributed by atoms with E-state index in [0.29, 0.717) is 32.9 Å². The molecule has 4 nitrogen and oxygen atoms in total. The van der Waals surface area contributed by atoms with Gasteiger partial charge in [0.1, 0.15) is 11.0 Å². The van der Waals surface area contributed by atoms with Crippen molar-refractivity contribution < 1.29 is 0 Å². The number of hydrogen-bond donors (Lipinski definition) is 0.